The molecular formula is C13H22N2O. The number of hydrogen-bond acceptors (Lipinski definition) is 3. The van der Waals surface area contributed by atoms with E-state index in [0.29, 0.717) is 5.92 Å². The van der Waals surface area contributed by atoms with E-state index in [9.17, 15) is 0 Å². The summed E-state index contributed by atoms with van der Waals surface area (Å²) >= 11 is 0. The Hall–Kier alpha value is -1.09. The largest absolute Gasteiger partial charge is 0.491 e. The highest BCUT2D eigenvalue weighted by Gasteiger charge is 2.06. The SMILES string of the molecule is CCc1nc(C)ccc1OCC(C)CNC. The van der Waals surface area contributed by atoms with E-state index >= 15 is 0 Å². The Balaban J connectivity index is 2.59. The Labute approximate surface area is 98.2 Å². The van der Waals surface area contributed by atoms with Gasteiger partial charge >= 0.3 is 0 Å². The van der Waals surface area contributed by atoms with Crippen molar-refractivity contribution in [1.82, 2.24) is 10.3 Å². The summed E-state index contributed by atoms with van der Waals surface area (Å²) in [5.41, 5.74) is 2.10. The fourth-order valence-corrected chi connectivity index (χ4v) is 1.62. The monoisotopic (exact) mass is 222 g/mol. The maximum absolute atomic E-state index is 5.79. The minimum Gasteiger partial charge on any atom is -0.491 e. The molecule has 0 radical (unpaired) electrons. The molecule has 0 saturated carbocycles. The van der Waals surface area contributed by atoms with Crippen LogP contribution in [-0.4, -0.2) is 25.2 Å². The molecule has 0 aliphatic rings. The second-order valence-corrected chi connectivity index (χ2v) is 4.22. The normalized spacial score (nSPS) is 12.5. The van der Waals surface area contributed by atoms with Gasteiger partial charge in [-0.2, -0.15) is 0 Å². The van der Waals surface area contributed by atoms with E-state index in [0.717, 1.165) is 36.7 Å². The zero-order valence-corrected chi connectivity index (χ0v) is 10.7. The van der Waals surface area contributed by atoms with Gasteiger partial charge in [0.25, 0.3) is 0 Å². The van der Waals surface area contributed by atoms with E-state index in [2.05, 4.69) is 24.1 Å². The van der Waals surface area contributed by atoms with Crippen LogP contribution in [0.3, 0.4) is 0 Å². The first kappa shape index (κ1) is 13.0. The van der Waals surface area contributed by atoms with Crippen molar-refractivity contribution < 1.29 is 4.74 Å². The van der Waals surface area contributed by atoms with Crippen LogP contribution in [0.25, 0.3) is 0 Å². The number of rotatable bonds is 6. The summed E-state index contributed by atoms with van der Waals surface area (Å²) in [5, 5.41) is 3.15. The Morgan fingerprint density at radius 1 is 1.44 bits per heavy atom. The molecule has 1 heterocycles. The number of aryl methyl sites for hydroxylation is 2. The minimum absolute atomic E-state index is 0.510. The van der Waals surface area contributed by atoms with Gasteiger partial charge < -0.3 is 10.1 Å². The van der Waals surface area contributed by atoms with Crippen molar-refractivity contribution in [3.8, 4) is 5.75 Å². The molecule has 1 aromatic heterocycles. The summed E-state index contributed by atoms with van der Waals surface area (Å²) in [4.78, 5) is 4.47. The molecule has 16 heavy (non-hydrogen) atoms. The molecule has 90 valence electrons. The Morgan fingerprint density at radius 2 is 2.19 bits per heavy atom. The topological polar surface area (TPSA) is 34.1 Å². The number of ether oxygens (including phenoxy) is 1. The predicted octanol–water partition coefficient (Wildman–Crippen LogP) is 2.19. The number of aromatic nitrogens is 1. The van der Waals surface area contributed by atoms with Gasteiger partial charge in [0.15, 0.2) is 0 Å². The summed E-state index contributed by atoms with van der Waals surface area (Å²) in [6.45, 7) is 7.99. The van der Waals surface area contributed by atoms with E-state index in [4.69, 9.17) is 4.74 Å². The van der Waals surface area contributed by atoms with Crippen molar-refractivity contribution in [1.29, 1.82) is 0 Å². The van der Waals surface area contributed by atoms with Gasteiger partial charge in [0.05, 0.1) is 12.3 Å². The zero-order valence-electron chi connectivity index (χ0n) is 10.7. The molecule has 1 N–H and O–H groups in total. The van der Waals surface area contributed by atoms with Crippen molar-refractivity contribution in [2.75, 3.05) is 20.2 Å². The second kappa shape index (κ2) is 6.48. The standard InChI is InChI=1S/C13H22N2O/c1-5-12-13(7-6-11(3)15-12)16-9-10(2)8-14-4/h6-7,10,14H,5,8-9H2,1-4H3. The van der Waals surface area contributed by atoms with Crippen molar-refractivity contribution >= 4 is 0 Å². The van der Waals surface area contributed by atoms with E-state index in [1.165, 1.54) is 0 Å². The average Bonchev–Trinajstić information content (AvgIpc) is 2.27. The average molecular weight is 222 g/mol. The number of nitrogens with one attached hydrogen (secondary N) is 1. The maximum Gasteiger partial charge on any atom is 0.140 e. The van der Waals surface area contributed by atoms with Crippen LogP contribution < -0.4 is 10.1 Å². The third-order valence-electron chi connectivity index (χ3n) is 2.48. The number of pyridine rings is 1. The molecule has 0 fully saturated rings. The van der Waals surface area contributed by atoms with Crippen molar-refractivity contribution in [3.63, 3.8) is 0 Å². The van der Waals surface area contributed by atoms with Crippen LogP contribution in [0.15, 0.2) is 12.1 Å². The highest BCUT2D eigenvalue weighted by Crippen LogP contribution is 2.18. The molecule has 3 nitrogen and oxygen atoms in total. The van der Waals surface area contributed by atoms with Gasteiger partial charge in [-0.15, -0.1) is 0 Å². The van der Waals surface area contributed by atoms with Gasteiger partial charge in [-0.3, -0.25) is 4.98 Å². The molecule has 3 heteroatoms. The second-order valence-electron chi connectivity index (χ2n) is 4.22. The third-order valence-corrected chi connectivity index (χ3v) is 2.48. The first-order chi connectivity index (χ1) is 7.67. The Morgan fingerprint density at radius 3 is 2.81 bits per heavy atom. The molecule has 0 bridgehead atoms. The smallest absolute Gasteiger partial charge is 0.140 e. The minimum atomic E-state index is 0.510. The summed E-state index contributed by atoms with van der Waals surface area (Å²) < 4.78 is 5.79. The zero-order chi connectivity index (χ0) is 12.0. The van der Waals surface area contributed by atoms with Gasteiger partial charge in [-0.05, 0) is 32.5 Å². The van der Waals surface area contributed by atoms with Gasteiger partial charge in [-0.25, -0.2) is 0 Å². The molecule has 0 saturated heterocycles. The van der Waals surface area contributed by atoms with Crippen molar-refractivity contribution in [2.24, 2.45) is 5.92 Å². The molecule has 0 spiro atoms. The van der Waals surface area contributed by atoms with Crippen molar-refractivity contribution in [2.45, 2.75) is 27.2 Å². The van der Waals surface area contributed by atoms with Crippen LogP contribution in [0.2, 0.25) is 0 Å². The van der Waals surface area contributed by atoms with E-state index in [-0.39, 0.29) is 0 Å². The lowest BCUT2D eigenvalue weighted by molar-refractivity contribution is 0.255. The highest BCUT2D eigenvalue weighted by molar-refractivity contribution is 5.29. The molecule has 0 aliphatic heterocycles. The van der Waals surface area contributed by atoms with Crippen LogP contribution in [0.5, 0.6) is 5.75 Å². The van der Waals surface area contributed by atoms with E-state index in [1.54, 1.807) is 0 Å². The lowest BCUT2D eigenvalue weighted by Gasteiger charge is -2.14. The highest BCUT2D eigenvalue weighted by atomic mass is 16.5. The quantitative estimate of drug-likeness (QED) is 0.801. The molecule has 1 rings (SSSR count). The fourth-order valence-electron chi connectivity index (χ4n) is 1.62. The molecule has 0 amide bonds. The lowest BCUT2D eigenvalue weighted by Crippen LogP contribution is -2.22. The van der Waals surface area contributed by atoms with Crippen LogP contribution in [0, 0.1) is 12.8 Å². The summed E-state index contributed by atoms with van der Waals surface area (Å²) in [7, 11) is 1.96. The lowest BCUT2D eigenvalue weighted by atomic mass is 10.2. The summed E-state index contributed by atoms with van der Waals surface area (Å²) in [5.74, 6) is 1.44. The van der Waals surface area contributed by atoms with E-state index in [1.807, 2.05) is 26.1 Å². The first-order valence-electron chi connectivity index (χ1n) is 5.91. The summed E-state index contributed by atoms with van der Waals surface area (Å²) in [6, 6.07) is 4.02. The molecule has 0 aliphatic carbocycles. The molecule has 1 atom stereocenters. The van der Waals surface area contributed by atoms with Crippen LogP contribution in [-0.2, 0) is 6.42 Å². The van der Waals surface area contributed by atoms with Gasteiger partial charge in [0, 0.05) is 18.2 Å². The van der Waals surface area contributed by atoms with Crippen LogP contribution >= 0.6 is 0 Å². The molecule has 1 unspecified atom stereocenters. The number of hydrogen-bond donors (Lipinski definition) is 1. The van der Waals surface area contributed by atoms with E-state index < -0.39 is 0 Å². The van der Waals surface area contributed by atoms with Gasteiger partial charge in [0.2, 0.25) is 0 Å². The molecule has 0 aromatic carbocycles. The molecule has 1 aromatic rings. The van der Waals surface area contributed by atoms with Crippen molar-refractivity contribution in [3.05, 3.63) is 23.5 Å². The predicted molar refractivity (Wildman–Crippen MR) is 66.9 cm³/mol. The van der Waals surface area contributed by atoms with Gasteiger partial charge in [-0.1, -0.05) is 13.8 Å². The van der Waals surface area contributed by atoms with Crippen LogP contribution in [0.1, 0.15) is 25.2 Å². The summed E-state index contributed by atoms with van der Waals surface area (Å²) in [6.07, 6.45) is 0.914. The van der Waals surface area contributed by atoms with Gasteiger partial charge in [0.1, 0.15) is 5.75 Å². The maximum atomic E-state index is 5.79. The Kier molecular flexibility index (Phi) is 5.26. The fraction of sp³-hybridized carbons (Fsp3) is 0.615. The van der Waals surface area contributed by atoms with Crippen LogP contribution in [0.4, 0.5) is 0 Å². The first-order valence-corrected chi connectivity index (χ1v) is 5.91. The Bertz CT molecular complexity index is 326. The molecular weight excluding hydrogens is 200 g/mol. The number of nitrogens with zero attached hydrogens (tertiary/aromatic N) is 1. The third kappa shape index (κ3) is 3.81.